The molecule has 0 bridgehead atoms. The second-order valence-electron chi connectivity index (χ2n) is 5.10. The molecule has 0 fully saturated rings. The number of thiophene rings is 1. The Hall–Kier alpha value is -0.870. The molecule has 0 saturated heterocycles. The van der Waals surface area contributed by atoms with Crippen molar-refractivity contribution in [1.29, 1.82) is 0 Å². The van der Waals surface area contributed by atoms with Gasteiger partial charge in [-0.1, -0.05) is 6.92 Å². The van der Waals surface area contributed by atoms with E-state index >= 15 is 0 Å². The molecule has 0 aromatic carbocycles. The maximum atomic E-state index is 12.2. The number of H-pyrrole nitrogens is 1. The molecule has 2 aromatic rings. The lowest BCUT2D eigenvalue weighted by molar-refractivity contribution is 0.509. The van der Waals surface area contributed by atoms with Crippen molar-refractivity contribution < 1.29 is 0 Å². The molecule has 1 aliphatic carbocycles. The van der Waals surface area contributed by atoms with Gasteiger partial charge in [0, 0.05) is 4.88 Å². The number of aromatic amines is 1. The van der Waals surface area contributed by atoms with Crippen molar-refractivity contribution in [3.05, 3.63) is 26.6 Å². The topological polar surface area (TPSA) is 45.8 Å². The number of hydrogen-bond acceptors (Lipinski definition) is 3. The molecule has 5 heteroatoms. The average molecular weight is 283 g/mol. The summed E-state index contributed by atoms with van der Waals surface area (Å²) in [6.07, 6.45) is 3.23. The zero-order chi connectivity index (χ0) is 12.9. The predicted octanol–water partition coefficient (Wildman–Crippen LogP) is 3.41. The van der Waals surface area contributed by atoms with Crippen LogP contribution in [-0.2, 0) is 12.8 Å². The number of fused-ring (bicyclic) bond motifs is 3. The molecular weight excluding hydrogens is 268 g/mol. The lowest BCUT2D eigenvalue weighted by Gasteiger charge is -2.17. The highest BCUT2D eigenvalue weighted by atomic mass is 35.5. The van der Waals surface area contributed by atoms with Gasteiger partial charge < -0.3 is 4.98 Å². The van der Waals surface area contributed by atoms with Crippen molar-refractivity contribution in [2.75, 3.05) is 0 Å². The number of hydrogen-bond donors (Lipinski definition) is 1. The van der Waals surface area contributed by atoms with E-state index in [2.05, 4.69) is 16.9 Å². The Morgan fingerprint density at radius 2 is 2.33 bits per heavy atom. The third kappa shape index (κ3) is 1.88. The first-order valence-electron chi connectivity index (χ1n) is 6.24. The van der Waals surface area contributed by atoms with E-state index in [1.54, 1.807) is 11.3 Å². The molecule has 3 nitrogen and oxygen atoms in total. The highest BCUT2D eigenvalue weighted by Gasteiger charge is 2.23. The zero-order valence-electron chi connectivity index (χ0n) is 10.4. The van der Waals surface area contributed by atoms with Gasteiger partial charge in [0.2, 0.25) is 0 Å². The van der Waals surface area contributed by atoms with Crippen molar-refractivity contribution in [1.82, 2.24) is 9.97 Å². The van der Waals surface area contributed by atoms with Crippen molar-refractivity contribution in [2.45, 2.75) is 38.5 Å². The van der Waals surface area contributed by atoms with Gasteiger partial charge in [0.25, 0.3) is 5.56 Å². The number of aryl methyl sites for hydroxylation is 1. The Morgan fingerprint density at radius 3 is 3.06 bits per heavy atom. The average Bonchev–Trinajstić information content (AvgIpc) is 2.66. The summed E-state index contributed by atoms with van der Waals surface area (Å²) >= 11 is 7.66. The van der Waals surface area contributed by atoms with Gasteiger partial charge in [-0.25, -0.2) is 4.98 Å². The fourth-order valence-electron chi connectivity index (χ4n) is 2.55. The Bertz CT molecular complexity index is 659. The predicted molar refractivity (Wildman–Crippen MR) is 75.7 cm³/mol. The van der Waals surface area contributed by atoms with Crippen LogP contribution in [0.2, 0.25) is 0 Å². The smallest absolute Gasteiger partial charge is 0.259 e. The molecule has 1 aliphatic rings. The van der Waals surface area contributed by atoms with Gasteiger partial charge >= 0.3 is 0 Å². The fraction of sp³-hybridized carbons (Fsp3) is 0.538. The van der Waals surface area contributed by atoms with Crippen molar-refractivity contribution in [3.63, 3.8) is 0 Å². The standard InChI is InChI=1S/C13H15ClN2OS/c1-6-3-4-8-9(5-6)18-13-10(8)12(17)15-11(16-13)7(2)14/h6-7H,3-5H2,1-2H3,(H,15,16,17). The summed E-state index contributed by atoms with van der Waals surface area (Å²) in [5.41, 5.74) is 1.19. The molecule has 2 heterocycles. The third-order valence-electron chi connectivity index (χ3n) is 3.56. The summed E-state index contributed by atoms with van der Waals surface area (Å²) in [5.74, 6) is 1.27. The Labute approximate surface area is 114 Å². The van der Waals surface area contributed by atoms with Gasteiger partial charge in [-0.05, 0) is 37.7 Å². The first-order chi connectivity index (χ1) is 8.56. The van der Waals surface area contributed by atoms with Crippen LogP contribution in [0.5, 0.6) is 0 Å². The number of rotatable bonds is 1. The quantitative estimate of drug-likeness (QED) is 0.815. The Kier molecular flexibility index (Phi) is 2.94. The first kappa shape index (κ1) is 12.2. The zero-order valence-corrected chi connectivity index (χ0v) is 12.0. The minimum atomic E-state index is -0.264. The molecular formula is C13H15ClN2OS. The second-order valence-corrected chi connectivity index (χ2v) is 6.84. The Balaban J connectivity index is 2.25. The SMILES string of the molecule is CC1CCc2c(sc3nc(C(C)Cl)[nH]c(=O)c23)C1. The molecule has 0 aliphatic heterocycles. The molecule has 3 rings (SSSR count). The van der Waals surface area contributed by atoms with Gasteiger partial charge in [-0.15, -0.1) is 22.9 Å². The van der Waals surface area contributed by atoms with Gasteiger partial charge in [0.05, 0.1) is 10.8 Å². The lowest BCUT2D eigenvalue weighted by Crippen LogP contribution is -2.14. The molecule has 0 saturated carbocycles. The second kappa shape index (κ2) is 4.35. The van der Waals surface area contributed by atoms with Crippen LogP contribution in [0, 0.1) is 5.92 Å². The molecule has 0 spiro atoms. The van der Waals surface area contributed by atoms with Crippen molar-refractivity contribution in [3.8, 4) is 0 Å². The van der Waals surface area contributed by atoms with E-state index < -0.39 is 0 Å². The summed E-state index contributed by atoms with van der Waals surface area (Å²) in [7, 11) is 0. The van der Waals surface area contributed by atoms with Crippen LogP contribution in [0.1, 0.15) is 41.9 Å². The van der Waals surface area contributed by atoms with Crippen molar-refractivity contribution in [2.24, 2.45) is 5.92 Å². The molecule has 0 radical (unpaired) electrons. The van der Waals surface area contributed by atoms with E-state index in [-0.39, 0.29) is 10.9 Å². The number of nitrogens with zero attached hydrogens (tertiary/aromatic N) is 1. The van der Waals surface area contributed by atoms with Crippen LogP contribution in [0.4, 0.5) is 0 Å². The monoisotopic (exact) mass is 282 g/mol. The molecule has 0 amide bonds. The maximum Gasteiger partial charge on any atom is 0.259 e. The number of halogens is 1. The first-order valence-corrected chi connectivity index (χ1v) is 7.50. The maximum absolute atomic E-state index is 12.2. The normalized spacial score (nSPS) is 20.9. The molecule has 1 N–H and O–H groups in total. The fourth-order valence-corrected chi connectivity index (χ4v) is 4.05. The third-order valence-corrected chi connectivity index (χ3v) is 4.92. The lowest BCUT2D eigenvalue weighted by atomic mass is 9.89. The van der Waals surface area contributed by atoms with E-state index in [1.165, 1.54) is 10.4 Å². The van der Waals surface area contributed by atoms with Crippen LogP contribution < -0.4 is 5.56 Å². The van der Waals surface area contributed by atoms with E-state index in [4.69, 9.17) is 11.6 Å². The van der Waals surface area contributed by atoms with Gasteiger partial charge in [0.15, 0.2) is 0 Å². The minimum absolute atomic E-state index is 0.0328. The molecule has 18 heavy (non-hydrogen) atoms. The summed E-state index contributed by atoms with van der Waals surface area (Å²) in [6.45, 7) is 4.08. The largest absolute Gasteiger partial charge is 0.309 e. The van der Waals surface area contributed by atoms with E-state index in [0.717, 1.165) is 29.5 Å². The molecule has 2 atom stereocenters. The summed E-state index contributed by atoms with van der Waals surface area (Å²) in [5, 5.41) is 0.531. The van der Waals surface area contributed by atoms with Gasteiger partial charge in [-0.2, -0.15) is 0 Å². The van der Waals surface area contributed by atoms with Crippen molar-refractivity contribution >= 4 is 33.2 Å². The van der Waals surface area contributed by atoms with Crippen LogP contribution in [0.15, 0.2) is 4.79 Å². The van der Waals surface area contributed by atoms with E-state index in [1.807, 2.05) is 6.92 Å². The van der Waals surface area contributed by atoms with Crippen LogP contribution in [0.3, 0.4) is 0 Å². The summed E-state index contributed by atoms with van der Waals surface area (Å²) in [6, 6.07) is 0. The van der Waals surface area contributed by atoms with E-state index in [0.29, 0.717) is 11.7 Å². The number of aromatic nitrogens is 2. The molecule has 2 unspecified atom stereocenters. The molecule has 2 aromatic heterocycles. The van der Waals surface area contributed by atoms with E-state index in [9.17, 15) is 4.79 Å². The van der Waals surface area contributed by atoms with Crippen LogP contribution in [0.25, 0.3) is 10.2 Å². The Morgan fingerprint density at radius 1 is 1.56 bits per heavy atom. The highest BCUT2D eigenvalue weighted by molar-refractivity contribution is 7.18. The number of nitrogens with one attached hydrogen (secondary N) is 1. The summed E-state index contributed by atoms with van der Waals surface area (Å²) in [4.78, 5) is 21.7. The summed E-state index contributed by atoms with van der Waals surface area (Å²) < 4.78 is 0. The van der Waals surface area contributed by atoms with Crippen LogP contribution >= 0.6 is 22.9 Å². The highest BCUT2D eigenvalue weighted by Crippen LogP contribution is 2.35. The van der Waals surface area contributed by atoms with Gasteiger partial charge in [0.1, 0.15) is 10.7 Å². The van der Waals surface area contributed by atoms with Gasteiger partial charge in [-0.3, -0.25) is 4.79 Å². The number of alkyl halides is 1. The van der Waals surface area contributed by atoms with Crippen LogP contribution in [-0.4, -0.2) is 9.97 Å². The minimum Gasteiger partial charge on any atom is -0.309 e. The molecule has 96 valence electrons.